The maximum atomic E-state index is 12.2. The van der Waals surface area contributed by atoms with Crippen molar-refractivity contribution in [3.8, 4) is 0 Å². The Kier molecular flexibility index (Phi) is 4.39. The topological polar surface area (TPSA) is 69.6 Å². The molecule has 0 saturated carbocycles. The molecule has 1 unspecified atom stereocenters. The molecule has 0 bridgehead atoms. The summed E-state index contributed by atoms with van der Waals surface area (Å²) in [5.74, 6) is 0.228. The van der Waals surface area contributed by atoms with Crippen LogP contribution in [0.25, 0.3) is 0 Å². The van der Waals surface area contributed by atoms with Crippen molar-refractivity contribution in [3.05, 3.63) is 30.3 Å². The summed E-state index contributed by atoms with van der Waals surface area (Å²) in [5.41, 5.74) is 0.721. The highest BCUT2D eigenvalue weighted by atomic mass is 32.2. The number of rotatable bonds is 4. The molecule has 1 atom stereocenters. The largest absolute Gasteiger partial charge is 0.473 e. The molecular formula is C12H12N2O3S2. The molecular weight excluding hydrogens is 284 g/mol. The van der Waals surface area contributed by atoms with E-state index < -0.39 is 11.3 Å². The van der Waals surface area contributed by atoms with E-state index in [1.807, 2.05) is 18.2 Å². The standard InChI is InChI=1S/C12H12N2O3S2/c15-10-9(6-7-19-12(16)17)13-11(18)14(10)8-4-2-1-3-5-8/h1-5,9H,6-7H2,(H,13,18)(H,16,17). The van der Waals surface area contributed by atoms with Gasteiger partial charge >= 0.3 is 5.30 Å². The zero-order chi connectivity index (χ0) is 13.8. The van der Waals surface area contributed by atoms with Crippen LogP contribution < -0.4 is 10.2 Å². The monoisotopic (exact) mass is 296 g/mol. The number of nitrogens with one attached hydrogen (secondary N) is 1. The minimum atomic E-state index is -0.937. The number of thiocarbonyl (C=S) groups is 1. The smallest absolute Gasteiger partial charge is 0.364 e. The van der Waals surface area contributed by atoms with Gasteiger partial charge in [-0.25, -0.2) is 4.79 Å². The molecule has 19 heavy (non-hydrogen) atoms. The molecule has 100 valence electrons. The van der Waals surface area contributed by atoms with E-state index in [1.54, 1.807) is 12.1 Å². The van der Waals surface area contributed by atoms with E-state index in [4.69, 9.17) is 17.3 Å². The van der Waals surface area contributed by atoms with E-state index in [-0.39, 0.29) is 5.91 Å². The van der Waals surface area contributed by atoms with Gasteiger partial charge in [0, 0.05) is 5.75 Å². The van der Waals surface area contributed by atoms with Gasteiger partial charge < -0.3 is 10.4 Å². The molecule has 0 spiro atoms. The number of carbonyl (C=O) groups is 2. The predicted molar refractivity (Wildman–Crippen MR) is 78.5 cm³/mol. The fraction of sp³-hybridized carbons (Fsp3) is 0.250. The molecule has 1 saturated heterocycles. The van der Waals surface area contributed by atoms with Crippen LogP contribution in [-0.2, 0) is 4.79 Å². The number of amides is 1. The molecule has 5 nitrogen and oxygen atoms in total. The zero-order valence-corrected chi connectivity index (χ0v) is 11.5. The summed E-state index contributed by atoms with van der Waals surface area (Å²) >= 11 is 5.93. The SMILES string of the molecule is O=C(O)SCCC1NC(=S)N(c2ccccc2)C1=O. The molecule has 0 aliphatic carbocycles. The van der Waals surface area contributed by atoms with Crippen molar-refractivity contribution in [2.45, 2.75) is 12.5 Å². The normalized spacial score (nSPS) is 18.5. The third-order valence-electron chi connectivity index (χ3n) is 2.67. The average Bonchev–Trinajstić information content (AvgIpc) is 2.65. The lowest BCUT2D eigenvalue weighted by atomic mass is 10.2. The first-order valence-corrected chi connectivity index (χ1v) is 7.04. The van der Waals surface area contributed by atoms with Crippen LogP contribution >= 0.6 is 24.0 Å². The number of carbonyl (C=O) groups excluding carboxylic acids is 1. The highest BCUT2D eigenvalue weighted by Crippen LogP contribution is 2.21. The molecule has 1 heterocycles. The van der Waals surface area contributed by atoms with Crippen LogP contribution in [0.1, 0.15) is 6.42 Å². The lowest BCUT2D eigenvalue weighted by Crippen LogP contribution is -2.31. The van der Waals surface area contributed by atoms with Gasteiger partial charge in [-0.05, 0) is 42.5 Å². The number of nitrogens with zero attached hydrogens (tertiary/aromatic N) is 1. The van der Waals surface area contributed by atoms with E-state index >= 15 is 0 Å². The van der Waals surface area contributed by atoms with Crippen molar-refractivity contribution in [2.24, 2.45) is 0 Å². The Morgan fingerprint density at radius 2 is 2.11 bits per heavy atom. The molecule has 1 fully saturated rings. The quantitative estimate of drug-likeness (QED) is 0.829. The van der Waals surface area contributed by atoms with Crippen molar-refractivity contribution in [3.63, 3.8) is 0 Å². The predicted octanol–water partition coefficient (Wildman–Crippen LogP) is 2.08. The Labute approximate surface area is 120 Å². The molecule has 7 heteroatoms. The van der Waals surface area contributed by atoms with Crippen molar-refractivity contribution < 1.29 is 14.7 Å². The molecule has 1 amide bonds. The first kappa shape index (κ1) is 13.8. The molecule has 0 radical (unpaired) electrons. The molecule has 0 aromatic heterocycles. The van der Waals surface area contributed by atoms with Crippen LogP contribution in [-0.4, -0.2) is 33.2 Å². The summed E-state index contributed by atoms with van der Waals surface area (Å²) in [6.45, 7) is 0. The summed E-state index contributed by atoms with van der Waals surface area (Å²) in [6.07, 6.45) is 0.430. The second-order valence-electron chi connectivity index (χ2n) is 3.91. The molecule has 2 N–H and O–H groups in total. The van der Waals surface area contributed by atoms with Crippen LogP contribution in [0.5, 0.6) is 0 Å². The third kappa shape index (κ3) is 3.24. The van der Waals surface area contributed by atoms with Gasteiger partial charge in [0.1, 0.15) is 6.04 Å². The number of anilines is 1. The van der Waals surface area contributed by atoms with E-state index in [2.05, 4.69) is 5.32 Å². The average molecular weight is 296 g/mol. The van der Waals surface area contributed by atoms with Gasteiger partial charge in [-0.3, -0.25) is 9.69 Å². The van der Waals surface area contributed by atoms with Gasteiger partial charge in [-0.2, -0.15) is 0 Å². The van der Waals surface area contributed by atoms with E-state index in [9.17, 15) is 9.59 Å². The van der Waals surface area contributed by atoms with Crippen molar-refractivity contribution in [1.29, 1.82) is 0 Å². The Hall–Kier alpha value is -1.60. The van der Waals surface area contributed by atoms with E-state index in [1.165, 1.54) is 4.90 Å². The Balaban J connectivity index is 2.03. The molecule has 2 rings (SSSR count). The third-order valence-corrected chi connectivity index (χ3v) is 3.65. The van der Waals surface area contributed by atoms with Crippen molar-refractivity contribution in [1.82, 2.24) is 5.32 Å². The van der Waals surface area contributed by atoms with Gasteiger partial charge in [-0.15, -0.1) is 0 Å². The lowest BCUT2D eigenvalue weighted by molar-refractivity contribution is -0.118. The second kappa shape index (κ2) is 6.03. The van der Waals surface area contributed by atoms with Crippen LogP contribution in [0, 0.1) is 0 Å². The fourth-order valence-corrected chi connectivity index (χ4v) is 2.68. The highest BCUT2D eigenvalue weighted by Gasteiger charge is 2.35. The van der Waals surface area contributed by atoms with E-state index in [0.717, 1.165) is 17.4 Å². The molecule has 1 aromatic carbocycles. The number of thioether (sulfide) groups is 1. The van der Waals surface area contributed by atoms with Crippen LogP contribution in [0.4, 0.5) is 10.5 Å². The van der Waals surface area contributed by atoms with E-state index in [0.29, 0.717) is 17.3 Å². The molecule has 1 aliphatic heterocycles. The maximum absolute atomic E-state index is 12.2. The van der Waals surface area contributed by atoms with Gasteiger partial charge in [0.25, 0.3) is 5.91 Å². The van der Waals surface area contributed by atoms with Gasteiger partial charge in [-0.1, -0.05) is 18.2 Å². The first-order chi connectivity index (χ1) is 9.09. The van der Waals surface area contributed by atoms with Gasteiger partial charge in [0.05, 0.1) is 5.69 Å². The van der Waals surface area contributed by atoms with Crippen molar-refractivity contribution in [2.75, 3.05) is 10.7 Å². The van der Waals surface area contributed by atoms with Crippen molar-refractivity contribution >= 4 is 46.0 Å². The number of para-hydroxylation sites is 1. The van der Waals surface area contributed by atoms with Gasteiger partial charge in [0.2, 0.25) is 0 Å². The first-order valence-electron chi connectivity index (χ1n) is 5.65. The summed E-state index contributed by atoms with van der Waals surface area (Å²) in [6, 6.07) is 8.69. The second-order valence-corrected chi connectivity index (χ2v) is 5.35. The minimum Gasteiger partial charge on any atom is -0.473 e. The number of hydrogen-bond donors (Lipinski definition) is 2. The number of benzene rings is 1. The Morgan fingerprint density at radius 1 is 1.42 bits per heavy atom. The number of hydrogen-bond acceptors (Lipinski definition) is 4. The van der Waals surface area contributed by atoms with Crippen LogP contribution in [0.15, 0.2) is 30.3 Å². The number of carboxylic acid groups (broad SMARTS) is 1. The summed E-state index contributed by atoms with van der Waals surface area (Å²) in [4.78, 5) is 24.1. The van der Waals surface area contributed by atoms with Crippen LogP contribution in [0.2, 0.25) is 0 Å². The Morgan fingerprint density at radius 3 is 2.74 bits per heavy atom. The molecule has 1 aromatic rings. The fourth-order valence-electron chi connectivity index (χ4n) is 1.81. The summed E-state index contributed by atoms with van der Waals surface area (Å²) in [5, 5.41) is 10.9. The highest BCUT2D eigenvalue weighted by molar-refractivity contribution is 8.13. The zero-order valence-electron chi connectivity index (χ0n) is 9.91. The Bertz CT molecular complexity index is 507. The lowest BCUT2D eigenvalue weighted by Gasteiger charge is -2.14. The summed E-state index contributed by atoms with van der Waals surface area (Å²) < 4.78 is 0. The van der Waals surface area contributed by atoms with Gasteiger partial charge in [0.15, 0.2) is 5.11 Å². The van der Waals surface area contributed by atoms with Crippen LogP contribution in [0.3, 0.4) is 0 Å². The summed E-state index contributed by atoms with van der Waals surface area (Å²) in [7, 11) is 0. The molecule has 1 aliphatic rings. The minimum absolute atomic E-state index is 0.137. The maximum Gasteiger partial charge on any atom is 0.364 e.